The van der Waals surface area contributed by atoms with E-state index in [1.165, 1.54) is 0 Å². The lowest BCUT2D eigenvalue weighted by molar-refractivity contribution is -0.137. The maximum atomic E-state index is 13.4. The van der Waals surface area contributed by atoms with Gasteiger partial charge in [-0.3, -0.25) is 0 Å². The first-order chi connectivity index (χ1) is 8.95. The van der Waals surface area contributed by atoms with Gasteiger partial charge < -0.3 is 10.6 Å². The fraction of sp³-hybridized carbons (Fsp3) is 0.538. The maximum Gasteiger partial charge on any atom is 0.416 e. The predicted octanol–water partition coefficient (Wildman–Crippen LogP) is 2.93. The van der Waals surface area contributed by atoms with Crippen molar-refractivity contribution in [3.63, 3.8) is 0 Å². The molecule has 0 aliphatic heterocycles. The fourth-order valence-electron chi connectivity index (χ4n) is 1.62. The topological polar surface area (TPSA) is 24.1 Å². The molecule has 0 bridgehead atoms. The highest BCUT2D eigenvalue weighted by atomic mass is 19.4. The molecule has 0 saturated carbocycles. The molecule has 1 rings (SSSR count). The van der Waals surface area contributed by atoms with Crippen LogP contribution in [0.15, 0.2) is 18.2 Å². The summed E-state index contributed by atoms with van der Waals surface area (Å²) in [5.74, 6) is -0.618. The van der Waals surface area contributed by atoms with Gasteiger partial charge >= 0.3 is 6.18 Å². The van der Waals surface area contributed by atoms with Crippen LogP contribution < -0.4 is 10.6 Å². The van der Waals surface area contributed by atoms with Gasteiger partial charge in [-0.1, -0.05) is 6.92 Å². The van der Waals surface area contributed by atoms with E-state index in [1.54, 1.807) is 0 Å². The molecule has 0 spiro atoms. The van der Waals surface area contributed by atoms with Crippen LogP contribution in [0.2, 0.25) is 0 Å². The zero-order valence-corrected chi connectivity index (χ0v) is 10.8. The highest BCUT2D eigenvalue weighted by Crippen LogP contribution is 2.30. The third kappa shape index (κ3) is 5.57. The van der Waals surface area contributed by atoms with Crippen molar-refractivity contribution in [3.8, 4) is 0 Å². The molecule has 0 aromatic heterocycles. The summed E-state index contributed by atoms with van der Waals surface area (Å²) >= 11 is 0. The molecule has 2 N–H and O–H groups in total. The van der Waals surface area contributed by atoms with Gasteiger partial charge in [0.2, 0.25) is 0 Å². The molecular weight excluding hydrogens is 260 g/mol. The highest BCUT2D eigenvalue weighted by Gasteiger charge is 2.30. The molecule has 0 heterocycles. The fourth-order valence-corrected chi connectivity index (χ4v) is 1.62. The Morgan fingerprint density at radius 1 is 1.11 bits per heavy atom. The van der Waals surface area contributed by atoms with E-state index in [9.17, 15) is 17.6 Å². The van der Waals surface area contributed by atoms with E-state index < -0.39 is 17.6 Å². The molecule has 0 radical (unpaired) electrons. The minimum absolute atomic E-state index is 0.0401. The average molecular weight is 278 g/mol. The summed E-state index contributed by atoms with van der Waals surface area (Å²) in [6.07, 6.45) is -3.60. The molecule has 0 aliphatic rings. The molecule has 6 heteroatoms. The molecule has 19 heavy (non-hydrogen) atoms. The van der Waals surface area contributed by atoms with Gasteiger partial charge in [0, 0.05) is 12.1 Å². The minimum atomic E-state index is -4.44. The monoisotopic (exact) mass is 278 g/mol. The van der Waals surface area contributed by atoms with Crippen LogP contribution in [0.1, 0.15) is 24.5 Å². The van der Waals surface area contributed by atoms with Crippen molar-refractivity contribution in [2.75, 3.05) is 19.6 Å². The molecule has 0 saturated heterocycles. The number of nitrogens with one attached hydrogen (secondary N) is 2. The van der Waals surface area contributed by atoms with Gasteiger partial charge in [-0.25, -0.2) is 4.39 Å². The Hall–Kier alpha value is -1.14. The van der Waals surface area contributed by atoms with Gasteiger partial charge in [0.1, 0.15) is 5.82 Å². The lowest BCUT2D eigenvalue weighted by Crippen LogP contribution is -2.22. The number of hydrogen-bond donors (Lipinski definition) is 2. The summed E-state index contributed by atoms with van der Waals surface area (Å²) in [5.41, 5.74) is -0.781. The van der Waals surface area contributed by atoms with Crippen LogP contribution in [-0.2, 0) is 12.7 Å². The number of rotatable bonds is 7. The first-order valence-electron chi connectivity index (χ1n) is 6.22. The van der Waals surface area contributed by atoms with Crippen LogP contribution in [0.3, 0.4) is 0 Å². The van der Waals surface area contributed by atoms with Gasteiger partial charge in [0.05, 0.1) is 5.56 Å². The van der Waals surface area contributed by atoms with E-state index in [0.29, 0.717) is 6.54 Å². The van der Waals surface area contributed by atoms with Crippen LogP contribution >= 0.6 is 0 Å². The van der Waals surface area contributed by atoms with Gasteiger partial charge in [-0.05, 0) is 44.3 Å². The number of alkyl halides is 3. The van der Waals surface area contributed by atoms with Crippen molar-refractivity contribution < 1.29 is 17.6 Å². The second-order valence-electron chi connectivity index (χ2n) is 4.19. The van der Waals surface area contributed by atoms with E-state index in [0.717, 1.165) is 37.7 Å². The average Bonchev–Trinajstić information content (AvgIpc) is 2.34. The number of hydrogen-bond acceptors (Lipinski definition) is 2. The van der Waals surface area contributed by atoms with Crippen molar-refractivity contribution >= 4 is 0 Å². The molecule has 108 valence electrons. The summed E-state index contributed by atoms with van der Waals surface area (Å²) in [6, 6.07) is 2.47. The normalized spacial score (nSPS) is 11.8. The summed E-state index contributed by atoms with van der Waals surface area (Å²) in [7, 11) is 0. The maximum absolute atomic E-state index is 13.4. The second kappa shape index (κ2) is 7.45. The molecule has 1 aromatic carbocycles. The molecule has 0 atom stereocenters. The van der Waals surface area contributed by atoms with Crippen molar-refractivity contribution in [1.82, 2.24) is 10.6 Å². The van der Waals surface area contributed by atoms with E-state index in [1.807, 2.05) is 6.92 Å². The summed E-state index contributed by atoms with van der Waals surface area (Å²) < 4.78 is 50.8. The number of halogens is 4. The standard InChI is InChI=1S/C13H18F4N2/c1-2-18-6-3-7-19-9-10-8-11(13(15,16)17)4-5-12(10)14/h4-5,8,18-19H,2-3,6-7,9H2,1H3. The molecule has 0 aliphatic carbocycles. The Labute approximate surface area is 110 Å². The first kappa shape index (κ1) is 15.9. The summed E-state index contributed by atoms with van der Waals surface area (Å²) in [6.45, 7) is 4.42. The van der Waals surface area contributed by atoms with Crippen LogP contribution in [-0.4, -0.2) is 19.6 Å². The highest BCUT2D eigenvalue weighted by molar-refractivity contribution is 5.27. The third-order valence-corrected chi connectivity index (χ3v) is 2.65. The molecule has 0 fully saturated rings. The van der Waals surface area contributed by atoms with E-state index in [2.05, 4.69) is 10.6 Å². The molecular formula is C13H18F4N2. The first-order valence-corrected chi connectivity index (χ1v) is 6.22. The molecule has 1 aromatic rings. The van der Waals surface area contributed by atoms with Gasteiger partial charge in [-0.15, -0.1) is 0 Å². The van der Waals surface area contributed by atoms with Crippen LogP contribution in [0.5, 0.6) is 0 Å². The van der Waals surface area contributed by atoms with Crippen molar-refractivity contribution in [2.45, 2.75) is 26.1 Å². The largest absolute Gasteiger partial charge is 0.416 e. The summed E-state index contributed by atoms with van der Waals surface area (Å²) in [5, 5.41) is 6.06. The van der Waals surface area contributed by atoms with Crippen molar-refractivity contribution in [2.24, 2.45) is 0 Å². The van der Waals surface area contributed by atoms with Crippen LogP contribution in [0.25, 0.3) is 0 Å². The van der Waals surface area contributed by atoms with Crippen molar-refractivity contribution in [3.05, 3.63) is 35.1 Å². The number of benzene rings is 1. The molecule has 2 nitrogen and oxygen atoms in total. The van der Waals surface area contributed by atoms with E-state index >= 15 is 0 Å². The van der Waals surface area contributed by atoms with Crippen molar-refractivity contribution in [1.29, 1.82) is 0 Å². The molecule has 0 amide bonds. The van der Waals surface area contributed by atoms with Gasteiger partial charge in [0.25, 0.3) is 0 Å². The lowest BCUT2D eigenvalue weighted by Gasteiger charge is -2.10. The minimum Gasteiger partial charge on any atom is -0.317 e. The Balaban J connectivity index is 2.49. The Bertz CT molecular complexity index is 391. The molecule has 0 unspecified atom stereocenters. The lowest BCUT2D eigenvalue weighted by atomic mass is 10.1. The quantitative estimate of drug-likeness (QED) is 0.592. The SMILES string of the molecule is CCNCCCNCc1cc(C(F)(F)F)ccc1F. The summed E-state index contributed by atoms with van der Waals surface area (Å²) in [4.78, 5) is 0. The third-order valence-electron chi connectivity index (χ3n) is 2.65. The van der Waals surface area contributed by atoms with Crippen LogP contribution in [0, 0.1) is 5.82 Å². The zero-order chi connectivity index (χ0) is 14.3. The predicted molar refractivity (Wildman–Crippen MR) is 66.3 cm³/mol. The Kier molecular flexibility index (Phi) is 6.24. The van der Waals surface area contributed by atoms with Crippen LogP contribution in [0.4, 0.5) is 17.6 Å². The Morgan fingerprint density at radius 2 is 1.79 bits per heavy atom. The smallest absolute Gasteiger partial charge is 0.317 e. The zero-order valence-electron chi connectivity index (χ0n) is 10.8. The Morgan fingerprint density at radius 3 is 2.42 bits per heavy atom. The second-order valence-corrected chi connectivity index (χ2v) is 4.19. The van der Waals surface area contributed by atoms with E-state index in [-0.39, 0.29) is 12.1 Å². The van der Waals surface area contributed by atoms with Gasteiger partial charge in [-0.2, -0.15) is 13.2 Å². The van der Waals surface area contributed by atoms with E-state index in [4.69, 9.17) is 0 Å². The van der Waals surface area contributed by atoms with Gasteiger partial charge in [0.15, 0.2) is 0 Å².